The predicted molar refractivity (Wildman–Crippen MR) is 208 cm³/mol. The second-order valence-electron chi connectivity index (χ2n) is 17.2. The number of ether oxygens (including phenoxy) is 1. The van der Waals surface area contributed by atoms with Crippen LogP contribution < -0.4 is 15.1 Å². The largest absolute Gasteiger partial charge is 0.371 e. The zero-order valence-electron chi connectivity index (χ0n) is 32.5. The number of rotatable bonds is 8. The van der Waals surface area contributed by atoms with Crippen LogP contribution in [-0.4, -0.2) is 87.9 Å². The molecule has 1 saturated carbocycles. The van der Waals surface area contributed by atoms with Gasteiger partial charge in [0.1, 0.15) is 18.0 Å². The van der Waals surface area contributed by atoms with Gasteiger partial charge in [0.05, 0.1) is 16.8 Å². The average molecular weight is 794 g/mol. The molecule has 0 radical (unpaired) electrons. The van der Waals surface area contributed by atoms with Gasteiger partial charge < -0.3 is 19.5 Å². The molecule has 2 N–H and O–H groups in total. The summed E-state index contributed by atoms with van der Waals surface area (Å²) in [5.41, 5.74) is 4.97. The van der Waals surface area contributed by atoms with Crippen LogP contribution in [0.2, 0.25) is 0 Å². The third-order valence-electron chi connectivity index (χ3n) is 13.8. The summed E-state index contributed by atoms with van der Waals surface area (Å²) < 4.78 is 38.0. The summed E-state index contributed by atoms with van der Waals surface area (Å²) in [4.78, 5) is 72.4. The molecule has 5 amide bonds. The Morgan fingerprint density at radius 3 is 2.64 bits per heavy atom. The molecule has 2 unspecified atom stereocenters. The Morgan fingerprint density at radius 1 is 1.02 bits per heavy atom. The number of carbonyl (C=O) groups excluding carboxylic acids is 5. The average Bonchev–Trinajstić information content (AvgIpc) is 3.87. The number of imide groups is 2. The highest BCUT2D eigenvalue weighted by Gasteiger charge is 2.78. The molecule has 6 aliphatic rings. The smallest absolute Gasteiger partial charge is 0.262 e. The molecule has 0 bridgehead atoms. The van der Waals surface area contributed by atoms with Crippen LogP contribution in [0.1, 0.15) is 96.5 Å². The summed E-state index contributed by atoms with van der Waals surface area (Å²) in [6.07, 6.45) is 5.12. The number of alkyl halides is 2. The summed E-state index contributed by atoms with van der Waals surface area (Å²) in [6, 6.07) is 12.0. The van der Waals surface area contributed by atoms with Crippen LogP contribution in [0.25, 0.3) is 22.3 Å². The fraction of sp³-hybridized carbons (Fsp3) is 0.488. The lowest BCUT2D eigenvalue weighted by Crippen LogP contribution is -2.54. The third kappa shape index (κ3) is 5.70. The quantitative estimate of drug-likeness (QED) is 0.214. The van der Waals surface area contributed by atoms with Gasteiger partial charge in [0.2, 0.25) is 17.7 Å². The highest BCUT2D eigenvalue weighted by molar-refractivity contribution is 6.23. The van der Waals surface area contributed by atoms with E-state index in [9.17, 15) is 24.0 Å². The summed E-state index contributed by atoms with van der Waals surface area (Å²) in [7, 11) is 1.77. The second kappa shape index (κ2) is 13.3. The van der Waals surface area contributed by atoms with Crippen LogP contribution in [0.3, 0.4) is 0 Å². The number of hydrogen-bond acceptors (Lipinski definition) is 8. The first-order valence-corrected chi connectivity index (χ1v) is 20.4. The minimum Gasteiger partial charge on any atom is -0.371 e. The number of amides is 5. The number of anilines is 2. The highest BCUT2D eigenvalue weighted by atomic mass is 19.3. The first-order valence-electron chi connectivity index (χ1n) is 20.4. The molecular weight excluding hydrogens is 749 g/mol. The van der Waals surface area contributed by atoms with Gasteiger partial charge >= 0.3 is 0 Å². The SMILES string of the molecule is CN(C(=O)CC[C@H]1CCN(c2ccc3c(c2)C(=O)N(C2CCC(=O)NC2=O)C3=O)C1)c1ccc2cc(-c3nn(C4CCCCO4)c4c3C[C@H]3C(F)(F)[C@@]3(C)C4)[nH]c2c1. The normalized spacial score (nSPS) is 27.4. The van der Waals surface area contributed by atoms with Crippen LogP contribution in [0, 0.1) is 17.3 Å². The van der Waals surface area contributed by atoms with E-state index in [0.717, 1.165) is 76.4 Å². The lowest BCUT2D eigenvalue weighted by Gasteiger charge is -2.27. The topological polar surface area (TPSA) is 150 Å². The summed E-state index contributed by atoms with van der Waals surface area (Å²) in [6.45, 7) is 3.74. The molecule has 5 atom stereocenters. The van der Waals surface area contributed by atoms with E-state index in [2.05, 4.69) is 15.2 Å². The van der Waals surface area contributed by atoms with Crippen molar-refractivity contribution < 1.29 is 37.5 Å². The van der Waals surface area contributed by atoms with Crippen LogP contribution >= 0.6 is 0 Å². The van der Waals surface area contributed by atoms with Crippen LogP contribution in [-0.2, 0) is 32.0 Å². The number of aromatic amines is 1. The Kier molecular flexibility index (Phi) is 8.45. The van der Waals surface area contributed by atoms with Gasteiger partial charge in [0, 0.05) is 90.9 Å². The molecule has 58 heavy (non-hydrogen) atoms. The van der Waals surface area contributed by atoms with Gasteiger partial charge in [-0.15, -0.1) is 0 Å². The van der Waals surface area contributed by atoms with Gasteiger partial charge in [-0.1, -0.05) is 13.0 Å². The number of nitrogens with one attached hydrogen (secondary N) is 2. The molecule has 6 heterocycles. The van der Waals surface area contributed by atoms with E-state index in [4.69, 9.17) is 9.84 Å². The van der Waals surface area contributed by atoms with Crippen molar-refractivity contribution in [3.8, 4) is 11.4 Å². The summed E-state index contributed by atoms with van der Waals surface area (Å²) in [5, 5.41) is 8.18. The fourth-order valence-corrected chi connectivity index (χ4v) is 10.1. The molecule has 15 heteroatoms. The van der Waals surface area contributed by atoms with E-state index in [0.29, 0.717) is 31.7 Å². The molecule has 13 nitrogen and oxygen atoms in total. The molecule has 4 aromatic rings. The Morgan fingerprint density at radius 2 is 1.84 bits per heavy atom. The van der Waals surface area contributed by atoms with Crippen molar-refractivity contribution in [3.05, 3.63) is 64.8 Å². The Balaban J connectivity index is 0.797. The van der Waals surface area contributed by atoms with Gasteiger partial charge in [-0.05, 0) is 87.3 Å². The first-order chi connectivity index (χ1) is 27.8. The monoisotopic (exact) mass is 793 g/mol. The van der Waals surface area contributed by atoms with Crippen LogP contribution in [0.15, 0.2) is 42.5 Å². The standard InChI is InChI=1S/C43H45F2N7O6/c1-42-21-33-29(20-34(42)43(42,44)45)38(48-52(33)37-5-3-4-16-58-37)31-17-24-7-8-25(19-30(24)46-31)49(2)36(54)13-6-23-14-15-50(22-23)26-9-10-27-28(18-26)41(57)51(40(27)56)32-11-12-35(53)47-39(32)55/h7-10,17-19,23,32,34,37,46H,3-6,11-16,20-22H2,1-2H3,(H,47,53,55)/t23-,32?,34+,37?,42-/m0/s1. The number of benzene rings is 2. The minimum absolute atomic E-state index is 0.0199. The predicted octanol–water partition coefficient (Wildman–Crippen LogP) is 5.77. The molecular formula is C43H45F2N7O6. The third-order valence-corrected chi connectivity index (χ3v) is 13.8. The van der Waals surface area contributed by atoms with Crippen LogP contribution in [0.4, 0.5) is 20.2 Å². The van der Waals surface area contributed by atoms with E-state index in [-0.39, 0.29) is 54.9 Å². The van der Waals surface area contributed by atoms with Crippen molar-refractivity contribution in [2.24, 2.45) is 17.3 Å². The Bertz CT molecular complexity index is 2440. The van der Waals surface area contributed by atoms with Crippen molar-refractivity contribution in [2.45, 2.75) is 89.3 Å². The van der Waals surface area contributed by atoms with E-state index in [1.807, 2.05) is 35.0 Å². The molecule has 4 aliphatic heterocycles. The van der Waals surface area contributed by atoms with E-state index < -0.39 is 46.9 Å². The summed E-state index contributed by atoms with van der Waals surface area (Å²) in [5.74, 6) is -5.30. The maximum absolute atomic E-state index is 15.0. The minimum atomic E-state index is -2.71. The maximum atomic E-state index is 15.0. The number of carbonyl (C=O) groups is 5. The fourth-order valence-electron chi connectivity index (χ4n) is 10.1. The van der Waals surface area contributed by atoms with Crippen molar-refractivity contribution in [2.75, 3.05) is 36.5 Å². The number of aromatic nitrogens is 3. The van der Waals surface area contributed by atoms with Gasteiger partial charge in [-0.2, -0.15) is 5.10 Å². The number of halogens is 2. The van der Waals surface area contributed by atoms with E-state index in [1.54, 1.807) is 31.0 Å². The molecule has 2 aliphatic carbocycles. The van der Waals surface area contributed by atoms with Crippen LogP contribution in [0.5, 0.6) is 0 Å². The first kappa shape index (κ1) is 36.9. The lowest BCUT2D eigenvalue weighted by atomic mass is 9.87. The number of nitrogens with zero attached hydrogens (tertiary/aromatic N) is 5. The van der Waals surface area contributed by atoms with Gasteiger partial charge in [0.25, 0.3) is 17.7 Å². The number of H-pyrrole nitrogens is 1. The zero-order chi connectivity index (χ0) is 40.2. The maximum Gasteiger partial charge on any atom is 0.262 e. The zero-order valence-corrected chi connectivity index (χ0v) is 32.5. The number of fused-ring (bicyclic) bond motifs is 4. The molecule has 3 saturated heterocycles. The summed E-state index contributed by atoms with van der Waals surface area (Å²) >= 11 is 0. The molecule has 302 valence electrons. The second-order valence-corrected chi connectivity index (χ2v) is 17.2. The van der Waals surface area contributed by atoms with Crippen molar-refractivity contribution in [1.29, 1.82) is 0 Å². The highest BCUT2D eigenvalue weighted by Crippen LogP contribution is 2.70. The number of piperidine rings is 1. The van der Waals surface area contributed by atoms with Gasteiger partial charge in [-0.25, -0.2) is 13.5 Å². The van der Waals surface area contributed by atoms with Gasteiger partial charge in [0.15, 0.2) is 0 Å². The van der Waals surface area contributed by atoms with Crippen molar-refractivity contribution >= 4 is 51.8 Å². The van der Waals surface area contributed by atoms with E-state index in [1.165, 1.54) is 0 Å². The lowest BCUT2D eigenvalue weighted by molar-refractivity contribution is -0.136. The Hall–Kier alpha value is -5.44. The Labute approximate surface area is 333 Å². The molecule has 4 fully saturated rings. The molecule has 2 aromatic heterocycles. The van der Waals surface area contributed by atoms with Crippen molar-refractivity contribution in [3.63, 3.8) is 0 Å². The molecule has 0 spiro atoms. The van der Waals surface area contributed by atoms with Gasteiger partial charge in [-0.3, -0.25) is 34.2 Å². The molecule has 2 aromatic carbocycles. The number of hydrogen-bond donors (Lipinski definition) is 2. The van der Waals surface area contributed by atoms with E-state index >= 15 is 8.78 Å². The van der Waals surface area contributed by atoms with Crippen molar-refractivity contribution in [1.82, 2.24) is 25.0 Å². The molecule has 10 rings (SSSR count).